The molecule has 0 radical (unpaired) electrons. The van der Waals surface area contributed by atoms with Gasteiger partial charge in [-0.25, -0.2) is 10.2 Å². The van der Waals surface area contributed by atoms with Crippen LogP contribution < -0.4 is 26.2 Å². The fraction of sp³-hybridized carbons (Fsp3) is 0.619. The van der Waals surface area contributed by atoms with E-state index in [2.05, 4.69) is 21.5 Å². The Morgan fingerprint density at radius 3 is 2.93 bits per heavy atom. The van der Waals surface area contributed by atoms with Crippen LogP contribution >= 0.6 is 0 Å². The number of amides is 2. The Bertz CT molecular complexity index is 743. The number of nitrogens with one attached hydrogen (secondary N) is 4. The largest absolute Gasteiger partial charge is 0.492 e. The second kappa shape index (κ2) is 9.00. The van der Waals surface area contributed by atoms with Crippen LogP contribution in [-0.2, 0) is 9.53 Å². The van der Waals surface area contributed by atoms with Crippen molar-refractivity contribution < 1.29 is 19.1 Å². The zero-order valence-electron chi connectivity index (χ0n) is 16.8. The summed E-state index contributed by atoms with van der Waals surface area (Å²) < 4.78 is 11.1. The van der Waals surface area contributed by atoms with E-state index in [1.54, 1.807) is 0 Å². The van der Waals surface area contributed by atoms with Gasteiger partial charge in [0.05, 0.1) is 6.17 Å². The van der Waals surface area contributed by atoms with Gasteiger partial charge in [0.2, 0.25) is 5.91 Å². The minimum absolute atomic E-state index is 0.0184. The first kappa shape index (κ1) is 20.0. The lowest BCUT2D eigenvalue weighted by atomic mass is 9.95. The quantitative estimate of drug-likeness (QED) is 0.579. The van der Waals surface area contributed by atoms with Gasteiger partial charge in [-0.15, -0.1) is 0 Å². The van der Waals surface area contributed by atoms with Crippen molar-refractivity contribution in [3.05, 3.63) is 29.8 Å². The summed E-state index contributed by atoms with van der Waals surface area (Å²) in [6, 6.07) is 7.94. The molecule has 1 saturated heterocycles. The summed E-state index contributed by atoms with van der Waals surface area (Å²) in [5.74, 6) is 0.931. The standard InChI is InChI=1S/C21H30N4O4/c1-2-9-22-21(27)29-14-8-7-13(10-14)17-11-19(25-24-17)23-20(26)16-12-28-18-6-4-3-5-15(16)18/h3-6,13-14,16-17,19,24-25H,2,7-12H2,1H3,(H,22,27)(H,23,26)/t13-,14+,16?,17?,19?/m1/s1. The first-order valence-corrected chi connectivity index (χ1v) is 10.6. The third-order valence-electron chi connectivity index (χ3n) is 6.05. The normalized spacial score (nSPS) is 30.4. The van der Waals surface area contributed by atoms with Crippen LogP contribution in [-0.4, -0.2) is 43.5 Å². The van der Waals surface area contributed by atoms with Crippen LogP contribution in [0.2, 0.25) is 0 Å². The van der Waals surface area contributed by atoms with Crippen molar-refractivity contribution >= 4 is 12.0 Å². The van der Waals surface area contributed by atoms with E-state index in [9.17, 15) is 9.59 Å². The summed E-state index contributed by atoms with van der Waals surface area (Å²) in [6.45, 7) is 3.04. The average molecular weight is 402 g/mol. The Morgan fingerprint density at radius 1 is 1.21 bits per heavy atom. The van der Waals surface area contributed by atoms with Crippen molar-refractivity contribution in [2.75, 3.05) is 13.2 Å². The molecule has 8 heteroatoms. The topological polar surface area (TPSA) is 101 Å². The van der Waals surface area contributed by atoms with Crippen LogP contribution in [0.15, 0.2) is 24.3 Å². The molecule has 1 aromatic carbocycles. The molecule has 1 aromatic rings. The first-order valence-electron chi connectivity index (χ1n) is 10.6. The van der Waals surface area contributed by atoms with E-state index in [1.165, 1.54) is 0 Å². The Labute approximate surface area is 171 Å². The Hall–Kier alpha value is -2.32. The van der Waals surface area contributed by atoms with Crippen molar-refractivity contribution in [2.24, 2.45) is 5.92 Å². The number of carbonyl (C=O) groups excluding carboxylic acids is 2. The number of rotatable bonds is 6. The van der Waals surface area contributed by atoms with E-state index in [-0.39, 0.29) is 36.2 Å². The predicted octanol–water partition coefficient (Wildman–Crippen LogP) is 1.78. The SMILES string of the molecule is CCCNC(=O)O[C@H]1CC[C@@H](C2CC(NC(=O)C3COc4ccccc43)NN2)C1. The van der Waals surface area contributed by atoms with Gasteiger partial charge in [0.15, 0.2) is 0 Å². The van der Waals surface area contributed by atoms with Crippen LogP contribution in [0.4, 0.5) is 4.79 Å². The number of hydrogen-bond donors (Lipinski definition) is 4. The maximum atomic E-state index is 12.7. The average Bonchev–Trinajstić information content (AvgIpc) is 3.45. The van der Waals surface area contributed by atoms with Crippen LogP contribution in [0.25, 0.3) is 0 Å². The molecule has 8 nitrogen and oxygen atoms in total. The van der Waals surface area contributed by atoms with Crippen LogP contribution in [0, 0.1) is 5.92 Å². The van der Waals surface area contributed by atoms with E-state index >= 15 is 0 Å². The highest BCUT2D eigenvalue weighted by Crippen LogP contribution is 2.35. The molecule has 2 heterocycles. The van der Waals surface area contributed by atoms with Crippen molar-refractivity contribution in [2.45, 2.75) is 63.3 Å². The highest BCUT2D eigenvalue weighted by atomic mass is 16.6. The predicted molar refractivity (Wildman–Crippen MR) is 107 cm³/mol. The minimum Gasteiger partial charge on any atom is -0.492 e. The molecular formula is C21H30N4O4. The fourth-order valence-electron chi connectivity index (χ4n) is 4.50. The number of alkyl carbamates (subject to hydrolysis) is 1. The van der Waals surface area contributed by atoms with E-state index in [0.717, 1.165) is 43.4 Å². The maximum Gasteiger partial charge on any atom is 0.407 e. The highest BCUT2D eigenvalue weighted by Gasteiger charge is 2.38. The lowest BCUT2D eigenvalue weighted by Crippen LogP contribution is -2.46. The number of benzene rings is 1. The van der Waals surface area contributed by atoms with Crippen LogP contribution in [0.3, 0.4) is 0 Å². The van der Waals surface area contributed by atoms with E-state index in [0.29, 0.717) is 19.1 Å². The van der Waals surface area contributed by atoms with Gasteiger partial charge in [0.25, 0.3) is 0 Å². The van der Waals surface area contributed by atoms with Crippen molar-refractivity contribution in [1.82, 2.24) is 21.5 Å². The molecule has 0 bridgehead atoms. The third kappa shape index (κ3) is 4.64. The number of hydrogen-bond acceptors (Lipinski definition) is 6. The molecule has 2 amide bonds. The second-order valence-electron chi connectivity index (χ2n) is 8.12. The second-order valence-corrected chi connectivity index (χ2v) is 8.12. The third-order valence-corrected chi connectivity index (χ3v) is 6.05. The summed E-state index contributed by atoms with van der Waals surface area (Å²) in [6.07, 6.45) is 3.98. The molecule has 4 N–H and O–H groups in total. The molecule has 2 aliphatic heterocycles. The van der Waals surface area contributed by atoms with E-state index in [1.807, 2.05) is 31.2 Å². The van der Waals surface area contributed by atoms with Gasteiger partial charge < -0.3 is 20.1 Å². The number of ether oxygens (including phenoxy) is 2. The van der Waals surface area contributed by atoms with Crippen LogP contribution in [0.1, 0.15) is 50.5 Å². The fourth-order valence-corrected chi connectivity index (χ4v) is 4.50. The molecule has 1 saturated carbocycles. The summed E-state index contributed by atoms with van der Waals surface area (Å²) in [4.78, 5) is 24.5. The number of fused-ring (bicyclic) bond motifs is 1. The Morgan fingerprint density at radius 2 is 2.07 bits per heavy atom. The number of hydrazine groups is 1. The molecule has 2 fully saturated rings. The van der Waals surface area contributed by atoms with E-state index < -0.39 is 0 Å². The van der Waals surface area contributed by atoms with Crippen molar-refractivity contribution in [3.63, 3.8) is 0 Å². The number of para-hydroxylation sites is 1. The molecule has 4 rings (SSSR count). The van der Waals surface area contributed by atoms with E-state index in [4.69, 9.17) is 9.47 Å². The zero-order valence-corrected chi connectivity index (χ0v) is 16.8. The molecular weight excluding hydrogens is 372 g/mol. The molecule has 5 atom stereocenters. The van der Waals surface area contributed by atoms with Gasteiger partial charge in [-0.1, -0.05) is 25.1 Å². The summed E-state index contributed by atoms with van der Waals surface area (Å²) in [5, 5.41) is 5.85. The van der Waals surface area contributed by atoms with Gasteiger partial charge in [-0.05, 0) is 44.1 Å². The van der Waals surface area contributed by atoms with Crippen LogP contribution in [0.5, 0.6) is 5.75 Å². The zero-order chi connectivity index (χ0) is 20.2. The first-order chi connectivity index (χ1) is 14.1. The smallest absolute Gasteiger partial charge is 0.407 e. The molecule has 0 spiro atoms. The summed E-state index contributed by atoms with van der Waals surface area (Å²) in [7, 11) is 0. The summed E-state index contributed by atoms with van der Waals surface area (Å²) in [5.41, 5.74) is 7.47. The lowest BCUT2D eigenvalue weighted by Gasteiger charge is -2.18. The molecule has 3 aliphatic rings. The lowest BCUT2D eigenvalue weighted by molar-refractivity contribution is -0.123. The van der Waals surface area contributed by atoms with Gasteiger partial charge in [0, 0.05) is 18.2 Å². The van der Waals surface area contributed by atoms with Gasteiger partial charge in [-0.2, -0.15) is 0 Å². The Kier molecular flexibility index (Phi) is 6.20. The summed E-state index contributed by atoms with van der Waals surface area (Å²) >= 11 is 0. The minimum atomic E-state index is -0.320. The maximum absolute atomic E-state index is 12.7. The molecule has 0 aromatic heterocycles. The van der Waals surface area contributed by atoms with Crippen molar-refractivity contribution in [3.8, 4) is 5.75 Å². The molecule has 1 aliphatic carbocycles. The highest BCUT2D eigenvalue weighted by molar-refractivity contribution is 5.85. The molecule has 3 unspecified atom stereocenters. The van der Waals surface area contributed by atoms with Gasteiger partial charge in [0.1, 0.15) is 24.4 Å². The van der Waals surface area contributed by atoms with Gasteiger partial charge in [-0.3, -0.25) is 10.2 Å². The monoisotopic (exact) mass is 402 g/mol. The molecule has 29 heavy (non-hydrogen) atoms. The molecule has 158 valence electrons. The number of carbonyl (C=O) groups is 2. The van der Waals surface area contributed by atoms with Crippen molar-refractivity contribution in [1.29, 1.82) is 0 Å². The van der Waals surface area contributed by atoms with Gasteiger partial charge >= 0.3 is 6.09 Å². The Balaban J connectivity index is 1.23.